The molecule has 1 aromatic heterocycles. The van der Waals surface area contributed by atoms with E-state index < -0.39 is 53.7 Å². The molecule has 2 atom stereocenters. The number of likely N-dealkylation sites (tertiary alicyclic amines) is 1. The van der Waals surface area contributed by atoms with Crippen LogP contribution in [0.4, 0.5) is 13.6 Å². The van der Waals surface area contributed by atoms with Gasteiger partial charge in [0.1, 0.15) is 18.2 Å². The molecule has 3 aliphatic rings. The Bertz CT molecular complexity index is 1480. The number of hydrogen-bond acceptors (Lipinski definition) is 9. The van der Waals surface area contributed by atoms with E-state index in [0.29, 0.717) is 19.0 Å². The number of benzene rings is 1. The van der Waals surface area contributed by atoms with Crippen LogP contribution in [-0.4, -0.2) is 83.5 Å². The van der Waals surface area contributed by atoms with Crippen molar-refractivity contribution >= 4 is 23.8 Å². The molecule has 0 aliphatic carbocycles. The van der Waals surface area contributed by atoms with Crippen LogP contribution in [0.15, 0.2) is 29.2 Å². The number of aromatic nitrogens is 1. The Balaban J connectivity index is 1.32. The lowest BCUT2D eigenvalue weighted by atomic mass is 10.0. The number of fused-ring (bicyclic) bond motifs is 2. The van der Waals surface area contributed by atoms with Gasteiger partial charge in [0.05, 0.1) is 31.3 Å². The summed E-state index contributed by atoms with van der Waals surface area (Å²) in [6.45, 7) is 2.05. The third kappa shape index (κ3) is 5.98. The Labute approximate surface area is 238 Å². The molecule has 0 N–H and O–H groups in total. The van der Waals surface area contributed by atoms with Crippen LogP contribution in [-0.2, 0) is 32.0 Å². The zero-order chi connectivity index (χ0) is 30.0. The van der Waals surface area contributed by atoms with Gasteiger partial charge in [0.25, 0.3) is 5.91 Å². The number of nitrogens with zero attached hydrogens (tertiary/aromatic N) is 3. The number of aryl methyl sites for hydroxylation is 1. The van der Waals surface area contributed by atoms with E-state index in [9.17, 15) is 32.8 Å². The average molecular weight is 590 g/mol. The highest BCUT2D eigenvalue weighted by atomic mass is 19.1. The summed E-state index contributed by atoms with van der Waals surface area (Å²) in [5, 5.41) is 0. The van der Waals surface area contributed by atoms with Gasteiger partial charge in [-0.25, -0.2) is 13.6 Å². The van der Waals surface area contributed by atoms with Gasteiger partial charge in [-0.3, -0.25) is 19.2 Å². The van der Waals surface area contributed by atoms with Crippen LogP contribution in [0.2, 0.25) is 0 Å². The lowest BCUT2D eigenvalue weighted by Crippen LogP contribution is -2.49. The predicted octanol–water partition coefficient (Wildman–Crippen LogP) is 2.25. The second kappa shape index (κ2) is 12.3. The first-order valence-electron chi connectivity index (χ1n) is 13.5. The molecule has 2 saturated heterocycles. The smallest absolute Gasteiger partial charge is 0.451 e. The number of carbonyl (C=O) groups is 4. The predicted molar refractivity (Wildman–Crippen MR) is 139 cm³/mol. The molecule has 1 aromatic carbocycles. The minimum atomic E-state index is -1.11. The van der Waals surface area contributed by atoms with Gasteiger partial charge >= 0.3 is 6.16 Å². The molecular formula is C28H29F2N3O9. The Kier molecular flexibility index (Phi) is 8.52. The van der Waals surface area contributed by atoms with E-state index in [-0.39, 0.29) is 67.9 Å². The minimum Gasteiger partial charge on any atom is -0.451 e. The summed E-state index contributed by atoms with van der Waals surface area (Å²) in [6.07, 6.45) is 0.308. The molecule has 2 fully saturated rings. The van der Waals surface area contributed by atoms with Crippen molar-refractivity contribution in [3.05, 3.63) is 63.1 Å². The topological polar surface area (TPSA) is 134 Å². The molecule has 0 saturated carbocycles. The summed E-state index contributed by atoms with van der Waals surface area (Å²) in [7, 11) is 0. The summed E-state index contributed by atoms with van der Waals surface area (Å²) < 4.78 is 49.8. The number of halogens is 2. The van der Waals surface area contributed by atoms with Crippen molar-refractivity contribution in [2.24, 2.45) is 0 Å². The van der Waals surface area contributed by atoms with E-state index in [1.54, 1.807) is 11.8 Å². The monoisotopic (exact) mass is 589 g/mol. The maximum Gasteiger partial charge on any atom is 0.511 e. The van der Waals surface area contributed by atoms with Crippen molar-refractivity contribution in [2.45, 2.75) is 51.4 Å². The molecule has 3 aliphatic heterocycles. The van der Waals surface area contributed by atoms with Crippen molar-refractivity contribution in [1.82, 2.24) is 14.4 Å². The quantitative estimate of drug-likeness (QED) is 0.232. The van der Waals surface area contributed by atoms with Crippen LogP contribution in [0.25, 0.3) is 0 Å². The second-order valence-electron chi connectivity index (χ2n) is 10.2. The lowest BCUT2D eigenvalue weighted by molar-refractivity contribution is -0.128. The van der Waals surface area contributed by atoms with E-state index in [1.165, 1.54) is 21.7 Å². The van der Waals surface area contributed by atoms with Crippen molar-refractivity contribution in [1.29, 1.82) is 0 Å². The number of rotatable bonds is 10. The number of amides is 2. The largest absolute Gasteiger partial charge is 0.511 e. The normalized spacial score (nSPS) is 19.5. The van der Waals surface area contributed by atoms with Gasteiger partial charge in [-0.1, -0.05) is 6.07 Å². The lowest BCUT2D eigenvalue weighted by Gasteiger charge is -2.34. The number of hydrogen-bond donors (Lipinski definition) is 0. The molecule has 0 bridgehead atoms. The molecule has 2 aromatic rings. The van der Waals surface area contributed by atoms with Gasteiger partial charge in [0.2, 0.25) is 23.9 Å². The molecule has 2 amide bonds. The number of pyridine rings is 1. The molecule has 12 nitrogen and oxygen atoms in total. The van der Waals surface area contributed by atoms with Gasteiger partial charge in [-0.15, -0.1) is 0 Å². The maximum atomic E-state index is 14.1. The fourth-order valence-electron chi connectivity index (χ4n) is 5.26. The van der Waals surface area contributed by atoms with Crippen molar-refractivity contribution in [3.63, 3.8) is 0 Å². The van der Waals surface area contributed by atoms with Crippen LogP contribution < -0.4 is 10.2 Å². The van der Waals surface area contributed by atoms with E-state index >= 15 is 0 Å². The van der Waals surface area contributed by atoms with Gasteiger partial charge in [0.15, 0.2) is 17.7 Å². The molecule has 0 radical (unpaired) electrons. The van der Waals surface area contributed by atoms with Crippen LogP contribution in [0, 0.1) is 11.6 Å². The van der Waals surface area contributed by atoms with E-state index in [4.69, 9.17) is 18.9 Å². The Morgan fingerprint density at radius 1 is 1.14 bits per heavy atom. The van der Waals surface area contributed by atoms with Crippen LogP contribution in [0.5, 0.6) is 5.75 Å². The minimum absolute atomic E-state index is 0.0256. The summed E-state index contributed by atoms with van der Waals surface area (Å²) in [5.74, 6) is -3.31. The van der Waals surface area contributed by atoms with Crippen LogP contribution in [0.1, 0.15) is 52.6 Å². The van der Waals surface area contributed by atoms with Crippen molar-refractivity contribution < 1.29 is 46.9 Å². The number of ether oxygens (including phenoxy) is 4. The molecule has 5 rings (SSSR count). The Morgan fingerprint density at radius 2 is 1.95 bits per heavy atom. The first kappa shape index (κ1) is 29.2. The van der Waals surface area contributed by atoms with Gasteiger partial charge in [0, 0.05) is 31.6 Å². The van der Waals surface area contributed by atoms with Crippen LogP contribution >= 0.6 is 0 Å². The molecule has 14 heteroatoms. The second-order valence-corrected chi connectivity index (χ2v) is 10.2. The molecule has 0 unspecified atom stereocenters. The SMILES string of the molecule is C[C@H]1CO[C@@H]2Cn3cc(C(=O)CCc4ccc(F)cc4F)c(=O)c(OCOC(=O)OCCN4CCCC4=O)c3C(=O)N12. The van der Waals surface area contributed by atoms with Crippen molar-refractivity contribution in [2.75, 3.05) is 33.1 Å². The van der Waals surface area contributed by atoms with E-state index in [2.05, 4.69) is 0 Å². The number of Topliss-reactive ketones (excluding diaryl/α,β-unsaturated/α-hetero) is 1. The third-order valence-corrected chi connectivity index (χ3v) is 7.41. The Morgan fingerprint density at radius 3 is 2.69 bits per heavy atom. The summed E-state index contributed by atoms with van der Waals surface area (Å²) in [4.78, 5) is 66.7. The summed E-state index contributed by atoms with van der Waals surface area (Å²) in [6, 6.07) is 2.72. The zero-order valence-corrected chi connectivity index (χ0v) is 22.8. The highest BCUT2D eigenvalue weighted by Gasteiger charge is 2.43. The van der Waals surface area contributed by atoms with Crippen LogP contribution in [0.3, 0.4) is 0 Å². The maximum absolute atomic E-state index is 14.1. The van der Waals surface area contributed by atoms with Gasteiger partial charge in [-0.05, 0) is 31.4 Å². The zero-order valence-electron chi connectivity index (χ0n) is 22.8. The molecular weight excluding hydrogens is 560 g/mol. The summed E-state index contributed by atoms with van der Waals surface area (Å²) >= 11 is 0. The highest BCUT2D eigenvalue weighted by molar-refractivity contribution is 6.00. The molecule has 4 heterocycles. The first-order valence-corrected chi connectivity index (χ1v) is 13.5. The number of ketones is 1. The molecule has 224 valence electrons. The fourth-order valence-corrected chi connectivity index (χ4v) is 5.26. The van der Waals surface area contributed by atoms with E-state index in [0.717, 1.165) is 12.5 Å². The van der Waals surface area contributed by atoms with Gasteiger partial charge < -0.3 is 33.3 Å². The fraction of sp³-hybridized carbons (Fsp3) is 0.464. The Hall–Kier alpha value is -4.33. The standard InChI is InChI=1S/C28H29F2N3O9/c1-16-14-40-23-13-32-12-19(21(34)7-5-17-4-6-18(29)11-20(17)30)25(36)26(24(32)27(37)33(16)23)41-15-42-28(38)39-10-9-31-8-2-3-22(31)35/h4,6,11-12,16,23H,2-3,5,7-10,13-15H2,1H3/t16-,23+/m0/s1. The third-order valence-electron chi connectivity index (χ3n) is 7.41. The first-order chi connectivity index (χ1) is 20.1. The van der Waals surface area contributed by atoms with Crippen molar-refractivity contribution in [3.8, 4) is 5.75 Å². The molecule has 0 spiro atoms. The molecule has 42 heavy (non-hydrogen) atoms. The number of carbonyl (C=O) groups excluding carboxylic acids is 4. The van der Waals surface area contributed by atoms with E-state index in [1.807, 2.05) is 0 Å². The highest BCUT2D eigenvalue weighted by Crippen LogP contribution is 2.30. The van der Waals surface area contributed by atoms with Gasteiger partial charge in [-0.2, -0.15) is 0 Å². The summed E-state index contributed by atoms with van der Waals surface area (Å²) in [5.41, 5.74) is -1.27. The average Bonchev–Trinajstić information content (AvgIpc) is 3.53.